The highest BCUT2D eigenvalue weighted by Gasteiger charge is 2.36. The van der Waals surface area contributed by atoms with Crippen LogP contribution in [0.2, 0.25) is 0 Å². The third-order valence-corrected chi connectivity index (χ3v) is 10.0. The molecule has 0 aromatic heterocycles. The van der Waals surface area contributed by atoms with E-state index in [1.807, 2.05) is 37.8 Å². The van der Waals surface area contributed by atoms with Gasteiger partial charge in [-0.1, -0.05) is 24.1 Å². The summed E-state index contributed by atoms with van der Waals surface area (Å²) in [5.74, 6) is 0.0234. The number of aryl methyl sites for hydroxylation is 3. The van der Waals surface area contributed by atoms with Crippen molar-refractivity contribution in [1.82, 2.24) is 14.1 Å². The summed E-state index contributed by atoms with van der Waals surface area (Å²) < 4.78 is 34.7. The van der Waals surface area contributed by atoms with Gasteiger partial charge in [-0.2, -0.15) is 4.31 Å². The molecule has 0 radical (unpaired) electrons. The first-order valence-corrected chi connectivity index (χ1v) is 14.4. The normalized spacial score (nSPS) is 23.5. The Morgan fingerprint density at radius 3 is 2.18 bits per heavy atom. The number of piperidine rings is 2. The average molecular weight is 492 g/mol. The number of hydrogen-bond acceptors (Lipinski definition) is 5. The van der Waals surface area contributed by atoms with Gasteiger partial charge in [-0.3, -0.25) is 4.79 Å². The highest BCUT2D eigenvalue weighted by molar-refractivity contribution is 7.89. The van der Waals surface area contributed by atoms with Crippen molar-refractivity contribution in [3.63, 3.8) is 0 Å². The Kier molecular flexibility index (Phi) is 8.33. The molecule has 0 aliphatic carbocycles. The minimum absolute atomic E-state index is 0.0234. The Hall–Kier alpha value is -1.48. The van der Waals surface area contributed by atoms with Crippen molar-refractivity contribution in [2.24, 2.45) is 0 Å². The zero-order valence-electron chi connectivity index (χ0n) is 21.1. The van der Waals surface area contributed by atoms with Gasteiger partial charge in [-0.15, -0.1) is 0 Å². The molecule has 3 aliphatic heterocycles. The Bertz CT molecular complexity index is 943. The van der Waals surface area contributed by atoms with Crippen LogP contribution in [0.25, 0.3) is 0 Å². The van der Waals surface area contributed by atoms with Crippen LogP contribution in [0.3, 0.4) is 0 Å². The van der Waals surface area contributed by atoms with E-state index in [9.17, 15) is 13.2 Å². The van der Waals surface area contributed by atoms with E-state index in [0.717, 1.165) is 61.9 Å². The Morgan fingerprint density at radius 2 is 1.53 bits per heavy atom. The topological polar surface area (TPSA) is 70.2 Å². The zero-order valence-corrected chi connectivity index (χ0v) is 21.9. The molecule has 34 heavy (non-hydrogen) atoms. The number of sulfonamides is 1. The Morgan fingerprint density at radius 1 is 0.912 bits per heavy atom. The fourth-order valence-electron chi connectivity index (χ4n) is 6.11. The molecular weight excluding hydrogens is 450 g/mol. The summed E-state index contributed by atoms with van der Waals surface area (Å²) in [6, 6.07) is 4.25. The van der Waals surface area contributed by atoms with Crippen molar-refractivity contribution in [2.75, 3.05) is 45.9 Å². The molecule has 1 atom stereocenters. The van der Waals surface area contributed by atoms with Gasteiger partial charge in [0.2, 0.25) is 15.9 Å². The van der Waals surface area contributed by atoms with Gasteiger partial charge < -0.3 is 14.5 Å². The molecule has 3 aliphatic rings. The summed E-state index contributed by atoms with van der Waals surface area (Å²) >= 11 is 0. The van der Waals surface area contributed by atoms with Crippen molar-refractivity contribution in [3.8, 4) is 0 Å². The van der Waals surface area contributed by atoms with Crippen molar-refractivity contribution < 1.29 is 17.9 Å². The van der Waals surface area contributed by atoms with E-state index in [-0.39, 0.29) is 25.2 Å². The fourth-order valence-corrected chi connectivity index (χ4v) is 8.20. The maximum atomic E-state index is 13.6. The lowest BCUT2D eigenvalue weighted by Gasteiger charge is -2.37. The number of ether oxygens (including phenoxy) is 1. The van der Waals surface area contributed by atoms with Crippen LogP contribution in [0.1, 0.15) is 61.6 Å². The standard InChI is InChI=1S/C26H41N3O4S/c1-20-16-21(2)26(22(3)17-20)34(31,32)29-13-5-4-8-24(29)18-33-19-25(30)28-14-9-23(10-15-28)27-11-6-7-12-27/h16-17,23-24H,4-15,18-19H2,1-3H3. The van der Waals surface area contributed by atoms with Crippen molar-refractivity contribution >= 4 is 15.9 Å². The van der Waals surface area contributed by atoms with E-state index in [2.05, 4.69) is 4.90 Å². The number of likely N-dealkylation sites (tertiary alicyclic amines) is 2. The Balaban J connectivity index is 1.32. The number of hydrogen-bond donors (Lipinski definition) is 0. The first-order chi connectivity index (χ1) is 16.3. The monoisotopic (exact) mass is 491 g/mol. The van der Waals surface area contributed by atoms with Crippen molar-refractivity contribution in [3.05, 3.63) is 28.8 Å². The van der Waals surface area contributed by atoms with Crippen LogP contribution in [0.4, 0.5) is 0 Å². The van der Waals surface area contributed by atoms with Crippen LogP contribution in [-0.4, -0.2) is 86.5 Å². The predicted molar refractivity (Wildman–Crippen MR) is 133 cm³/mol. The summed E-state index contributed by atoms with van der Waals surface area (Å²) in [6.45, 7) is 10.5. The first kappa shape index (κ1) is 25.6. The van der Waals surface area contributed by atoms with Gasteiger partial charge in [0.05, 0.1) is 11.5 Å². The van der Waals surface area contributed by atoms with Gasteiger partial charge in [-0.25, -0.2) is 8.42 Å². The molecule has 4 rings (SSSR count). The molecule has 1 aromatic carbocycles. The molecule has 0 saturated carbocycles. The van der Waals surface area contributed by atoms with Crippen LogP contribution in [0.15, 0.2) is 17.0 Å². The smallest absolute Gasteiger partial charge is 0.248 e. The van der Waals surface area contributed by atoms with E-state index in [1.165, 1.54) is 25.9 Å². The van der Waals surface area contributed by atoms with E-state index in [1.54, 1.807) is 4.31 Å². The van der Waals surface area contributed by atoms with Crippen LogP contribution in [0.5, 0.6) is 0 Å². The van der Waals surface area contributed by atoms with Gasteiger partial charge in [-0.05, 0) is 83.5 Å². The van der Waals surface area contributed by atoms with E-state index >= 15 is 0 Å². The largest absolute Gasteiger partial charge is 0.370 e. The van der Waals surface area contributed by atoms with Gasteiger partial charge in [0, 0.05) is 31.7 Å². The molecule has 3 fully saturated rings. The highest BCUT2D eigenvalue weighted by atomic mass is 32.2. The van der Waals surface area contributed by atoms with Gasteiger partial charge in [0.1, 0.15) is 6.61 Å². The number of amides is 1. The lowest BCUT2D eigenvalue weighted by atomic mass is 10.0. The maximum absolute atomic E-state index is 13.6. The SMILES string of the molecule is Cc1cc(C)c(S(=O)(=O)N2CCCCC2COCC(=O)N2CCC(N3CCCC3)CC2)c(C)c1. The summed E-state index contributed by atoms with van der Waals surface area (Å²) in [5.41, 5.74) is 2.64. The lowest BCUT2D eigenvalue weighted by molar-refractivity contribution is -0.138. The molecule has 0 spiro atoms. The summed E-state index contributed by atoms with van der Waals surface area (Å²) in [5, 5.41) is 0. The molecule has 3 saturated heterocycles. The van der Waals surface area contributed by atoms with Crippen LogP contribution in [0, 0.1) is 20.8 Å². The molecule has 0 N–H and O–H groups in total. The van der Waals surface area contributed by atoms with Crippen molar-refractivity contribution in [1.29, 1.82) is 0 Å². The quantitative estimate of drug-likeness (QED) is 0.586. The maximum Gasteiger partial charge on any atom is 0.248 e. The summed E-state index contributed by atoms with van der Waals surface area (Å²) in [6.07, 6.45) is 7.26. The van der Waals surface area contributed by atoms with Gasteiger partial charge in [0.15, 0.2) is 0 Å². The average Bonchev–Trinajstić information content (AvgIpc) is 3.33. The highest BCUT2D eigenvalue weighted by Crippen LogP contribution is 2.30. The molecule has 3 heterocycles. The zero-order chi connectivity index (χ0) is 24.3. The second-order valence-corrected chi connectivity index (χ2v) is 12.2. The van der Waals surface area contributed by atoms with Crippen LogP contribution < -0.4 is 0 Å². The molecule has 8 heteroatoms. The minimum atomic E-state index is -3.62. The second-order valence-electron chi connectivity index (χ2n) is 10.4. The third kappa shape index (κ3) is 5.66. The van der Waals surface area contributed by atoms with Crippen molar-refractivity contribution in [2.45, 2.75) is 82.7 Å². The summed E-state index contributed by atoms with van der Waals surface area (Å²) in [7, 11) is -3.62. The predicted octanol–water partition coefficient (Wildman–Crippen LogP) is 3.26. The second kappa shape index (κ2) is 11.1. The van der Waals surface area contributed by atoms with Gasteiger partial charge >= 0.3 is 0 Å². The number of rotatable bonds is 7. The Labute approximate surface area is 205 Å². The molecule has 7 nitrogen and oxygen atoms in total. The van der Waals surface area contributed by atoms with Crippen LogP contribution >= 0.6 is 0 Å². The molecule has 1 amide bonds. The molecule has 1 unspecified atom stereocenters. The number of nitrogens with zero attached hydrogens (tertiary/aromatic N) is 3. The molecule has 1 aromatic rings. The third-order valence-electron chi connectivity index (χ3n) is 7.75. The fraction of sp³-hybridized carbons (Fsp3) is 0.731. The van der Waals surface area contributed by atoms with E-state index < -0.39 is 10.0 Å². The number of carbonyl (C=O) groups excluding carboxylic acids is 1. The molecule has 190 valence electrons. The number of carbonyl (C=O) groups is 1. The van der Waals surface area contributed by atoms with E-state index in [4.69, 9.17) is 4.74 Å². The summed E-state index contributed by atoms with van der Waals surface area (Å²) in [4.78, 5) is 17.7. The first-order valence-electron chi connectivity index (χ1n) is 13.0. The molecule has 0 bridgehead atoms. The lowest BCUT2D eigenvalue weighted by Crippen LogP contribution is -2.48. The molecular formula is C26H41N3O4S. The van der Waals surface area contributed by atoms with E-state index in [0.29, 0.717) is 17.5 Å². The number of benzene rings is 1. The minimum Gasteiger partial charge on any atom is -0.370 e. The van der Waals surface area contributed by atoms with Crippen LogP contribution in [-0.2, 0) is 19.6 Å². The van der Waals surface area contributed by atoms with Gasteiger partial charge in [0.25, 0.3) is 0 Å².